The van der Waals surface area contributed by atoms with Crippen LogP contribution in [-0.4, -0.2) is 42.1 Å². The van der Waals surface area contributed by atoms with Gasteiger partial charge in [-0.15, -0.1) is 0 Å². The normalized spacial score (nSPS) is 18.0. The molecule has 0 fully saturated rings. The highest BCUT2D eigenvalue weighted by Crippen LogP contribution is 2.36. The standard InChI is InChI=1S/C25H29F3N4O4/c1-24(2,3)36-23(34)32-18-7-5-6-8-21(25(26,27)28)31-19-14-16(30-22(33)35-4)9-10-17(19)15-11-12-29-20(18)13-15/h5-6,9-14,18,21,31H,7-8H2,1-4H3,(H,30,33)(H,32,34)/t18?,21-/m0/s1. The number of methoxy groups -OCH3 is 1. The fourth-order valence-electron chi connectivity index (χ4n) is 3.60. The average Bonchev–Trinajstić information content (AvgIpc) is 2.77. The second kappa shape index (κ2) is 10.9. The fourth-order valence-corrected chi connectivity index (χ4v) is 3.60. The Labute approximate surface area is 207 Å². The summed E-state index contributed by atoms with van der Waals surface area (Å²) >= 11 is 0. The summed E-state index contributed by atoms with van der Waals surface area (Å²) in [7, 11) is 1.19. The van der Waals surface area contributed by atoms with Gasteiger partial charge in [0.1, 0.15) is 11.6 Å². The van der Waals surface area contributed by atoms with E-state index in [0.717, 1.165) is 0 Å². The molecule has 3 N–H and O–H groups in total. The molecule has 11 heteroatoms. The zero-order chi connectivity index (χ0) is 26.5. The highest BCUT2D eigenvalue weighted by Gasteiger charge is 2.39. The Morgan fingerprint density at radius 1 is 1.06 bits per heavy atom. The first-order valence-corrected chi connectivity index (χ1v) is 11.3. The van der Waals surface area contributed by atoms with Crippen LogP contribution in [0.1, 0.15) is 45.3 Å². The molecule has 0 saturated carbocycles. The third-order valence-electron chi connectivity index (χ3n) is 5.23. The maximum Gasteiger partial charge on any atom is 0.411 e. The average molecular weight is 507 g/mol. The SMILES string of the molecule is COC(=O)Nc1ccc2c(c1)N[C@H](C(F)(F)F)CC=CCC(NC(=O)OC(C)(C)C)c1cc-2ccn1. The lowest BCUT2D eigenvalue weighted by Crippen LogP contribution is -2.36. The molecular formula is C25H29F3N4O4. The van der Waals surface area contributed by atoms with E-state index in [9.17, 15) is 22.8 Å². The number of fused-ring (bicyclic) bond motifs is 4. The zero-order valence-corrected chi connectivity index (χ0v) is 20.4. The van der Waals surface area contributed by atoms with E-state index in [2.05, 4.69) is 25.7 Å². The molecule has 0 radical (unpaired) electrons. The number of rotatable bonds is 2. The molecule has 36 heavy (non-hydrogen) atoms. The highest BCUT2D eigenvalue weighted by molar-refractivity contribution is 5.88. The number of aromatic nitrogens is 1. The number of pyridine rings is 1. The monoisotopic (exact) mass is 506 g/mol. The Balaban J connectivity index is 2.07. The van der Waals surface area contributed by atoms with Crippen molar-refractivity contribution in [3.05, 3.63) is 54.4 Å². The van der Waals surface area contributed by atoms with Crippen molar-refractivity contribution in [2.75, 3.05) is 17.7 Å². The van der Waals surface area contributed by atoms with Gasteiger partial charge in [0.25, 0.3) is 0 Å². The molecule has 1 aromatic heterocycles. The number of nitrogens with one attached hydrogen (secondary N) is 3. The van der Waals surface area contributed by atoms with Crippen molar-refractivity contribution in [1.82, 2.24) is 10.3 Å². The summed E-state index contributed by atoms with van der Waals surface area (Å²) in [4.78, 5) is 28.5. The number of halogens is 3. The van der Waals surface area contributed by atoms with Gasteiger partial charge in [-0.05, 0) is 63.4 Å². The third kappa shape index (κ3) is 7.37. The number of hydrogen-bond donors (Lipinski definition) is 3. The Hall–Kier alpha value is -3.76. The van der Waals surface area contributed by atoms with Crippen LogP contribution in [0.3, 0.4) is 0 Å². The van der Waals surface area contributed by atoms with Gasteiger partial charge >= 0.3 is 18.4 Å². The smallest absolute Gasteiger partial charge is 0.411 e. The first-order chi connectivity index (χ1) is 16.9. The van der Waals surface area contributed by atoms with Gasteiger partial charge in [0.05, 0.1) is 18.8 Å². The molecule has 0 saturated heterocycles. The number of amides is 2. The van der Waals surface area contributed by atoms with Crippen molar-refractivity contribution in [2.45, 2.75) is 57.5 Å². The predicted molar refractivity (Wildman–Crippen MR) is 130 cm³/mol. The molecule has 2 heterocycles. The summed E-state index contributed by atoms with van der Waals surface area (Å²) in [6, 6.07) is 5.41. The number of ether oxygens (including phenoxy) is 2. The van der Waals surface area contributed by atoms with Crippen molar-refractivity contribution in [1.29, 1.82) is 0 Å². The predicted octanol–water partition coefficient (Wildman–Crippen LogP) is 6.19. The van der Waals surface area contributed by atoms with E-state index in [0.29, 0.717) is 16.8 Å². The molecule has 8 nitrogen and oxygen atoms in total. The largest absolute Gasteiger partial charge is 0.453 e. The number of alkyl carbamates (subject to hydrolysis) is 1. The molecule has 2 amide bonds. The van der Waals surface area contributed by atoms with E-state index in [1.54, 1.807) is 51.1 Å². The second-order valence-corrected chi connectivity index (χ2v) is 9.23. The van der Waals surface area contributed by atoms with Crippen LogP contribution in [0.4, 0.5) is 34.1 Å². The number of nitrogens with zero attached hydrogens (tertiary/aromatic N) is 1. The third-order valence-corrected chi connectivity index (χ3v) is 5.23. The number of carbonyl (C=O) groups excluding carboxylic acids is 2. The van der Waals surface area contributed by atoms with E-state index in [1.165, 1.54) is 25.4 Å². The van der Waals surface area contributed by atoms with Gasteiger partial charge in [0.15, 0.2) is 0 Å². The molecule has 2 bridgehead atoms. The number of alkyl halides is 3. The minimum atomic E-state index is -4.55. The molecule has 2 atom stereocenters. The van der Waals surface area contributed by atoms with Crippen molar-refractivity contribution in [3.63, 3.8) is 0 Å². The molecule has 1 aromatic carbocycles. The molecule has 2 aromatic rings. The van der Waals surface area contributed by atoms with Gasteiger partial charge in [-0.1, -0.05) is 18.2 Å². The van der Waals surface area contributed by atoms with Gasteiger partial charge < -0.3 is 20.1 Å². The minimum Gasteiger partial charge on any atom is -0.453 e. The Kier molecular flexibility index (Phi) is 8.11. The van der Waals surface area contributed by atoms with Crippen molar-refractivity contribution in [3.8, 4) is 11.1 Å². The van der Waals surface area contributed by atoms with Gasteiger partial charge in [0.2, 0.25) is 0 Å². The summed E-state index contributed by atoms with van der Waals surface area (Å²) in [6.45, 7) is 5.20. The molecule has 0 spiro atoms. The molecule has 3 rings (SSSR count). The lowest BCUT2D eigenvalue weighted by Gasteiger charge is -2.25. The molecule has 194 valence electrons. The van der Waals surface area contributed by atoms with Crippen LogP contribution in [0, 0.1) is 0 Å². The van der Waals surface area contributed by atoms with Crippen LogP contribution < -0.4 is 16.0 Å². The zero-order valence-electron chi connectivity index (χ0n) is 20.4. The summed E-state index contributed by atoms with van der Waals surface area (Å²) in [5, 5.41) is 7.82. The Morgan fingerprint density at radius 3 is 2.44 bits per heavy atom. The summed E-state index contributed by atoms with van der Waals surface area (Å²) in [6.07, 6.45) is -1.57. The van der Waals surface area contributed by atoms with E-state index in [4.69, 9.17) is 4.74 Å². The van der Waals surface area contributed by atoms with Crippen LogP contribution in [-0.2, 0) is 9.47 Å². The lowest BCUT2D eigenvalue weighted by molar-refractivity contribution is -0.141. The van der Waals surface area contributed by atoms with Crippen molar-refractivity contribution >= 4 is 23.6 Å². The molecule has 1 aliphatic heterocycles. The van der Waals surface area contributed by atoms with E-state index < -0.39 is 36.0 Å². The van der Waals surface area contributed by atoms with Gasteiger partial charge in [-0.25, -0.2) is 9.59 Å². The molecular weight excluding hydrogens is 477 g/mol. The maximum atomic E-state index is 13.9. The number of carbonyl (C=O) groups is 2. The van der Waals surface area contributed by atoms with Gasteiger partial charge in [0, 0.05) is 23.1 Å². The molecule has 1 unspecified atom stereocenters. The van der Waals surface area contributed by atoms with Crippen LogP contribution >= 0.6 is 0 Å². The van der Waals surface area contributed by atoms with Crippen LogP contribution in [0.25, 0.3) is 11.1 Å². The summed E-state index contributed by atoms with van der Waals surface area (Å²) in [5.41, 5.74) is 1.25. The van der Waals surface area contributed by atoms with Crippen LogP contribution in [0.2, 0.25) is 0 Å². The Morgan fingerprint density at radius 2 is 1.78 bits per heavy atom. The van der Waals surface area contributed by atoms with Crippen LogP contribution in [0.5, 0.6) is 0 Å². The fraction of sp³-hybridized carbons (Fsp3) is 0.400. The maximum absolute atomic E-state index is 13.9. The van der Waals surface area contributed by atoms with Gasteiger partial charge in [-0.3, -0.25) is 10.3 Å². The van der Waals surface area contributed by atoms with E-state index >= 15 is 0 Å². The lowest BCUT2D eigenvalue weighted by atomic mass is 9.98. The molecule has 0 aliphatic carbocycles. The quantitative estimate of drug-likeness (QED) is 0.420. The van der Waals surface area contributed by atoms with Crippen molar-refractivity contribution in [2.24, 2.45) is 0 Å². The number of hydrogen-bond acceptors (Lipinski definition) is 6. The minimum absolute atomic E-state index is 0.161. The first kappa shape index (κ1) is 26.8. The Bertz CT molecular complexity index is 1130. The van der Waals surface area contributed by atoms with Crippen molar-refractivity contribution < 1.29 is 32.2 Å². The summed E-state index contributed by atoms with van der Waals surface area (Å²) in [5.74, 6) is 0. The van der Waals surface area contributed by atoms with Crippen LogP contribution in [0.15, 0.2) is 48.7 Å². The molecule has 1 aliphatic rings. The summed E-state index contributed by atoms with van der Waals surface area (Å²) < 4.78 is 51.6. The number of anilines is 2. The first-order valence-electron chi connectivity index (χ1n) is 11.3. The topological polar surface area (TPSA) is 102 Å². The number of benzene rings is 1. The van der Waals surface area contributed by atoms with Gasteiger partial charge in [-0.2, -0.15) is 13.2 Å². The van der Waals surface area contributed by atoms with E-state index in [1.807, 2.05) is 0 Å². The second-order valence-electron chi connectivity index (χ2n) is 9.23. The van der Waals surface area contributed by atoms with E-state index in [-0.39, 0.29) is 24.2 Å². The highest BCUT2D eigenvalue weighted by atomic mass is 19.4.